The second-order valence-electron chi connectivity index (χ2n) is 3.29. The van der Waals surface area contributed by atoms with Gasteiger partial charge in [0, 0.05) is 17.0 Å². The van der Waals surface area contributed by atoms with Crippen molar-refractivity contribution < 1.29 is 19.1 Å². The van der Waals surface area contributed by atoms with Gasteiger partial charge < -0.3 is 9.47 Å². The minimum atomic E-state index is -0.999. The molecule has 1 aromatic rings. The zero-order valence-electron chi connectivity index (χ0n) is 9.60. The predicted octanol–water partition coefficient (Wildman–Crippen LogP) is 2.62. The fourth-order valence-electron chi connectivity index (χ4n) is 1.27. The molecular formula is C12H13BrO4. The van der Waals surface area contributed by atoms with E-state index >= 15 is 0 Å². The van der Waals surface area contributed by atoms with Gasteiger partial charge in [0.15, 0.2) is 0 Å². The Balaban J connectivity index is 2.92. The van der Waals surface area contributed by atoms with Crippen molar-refractivity contribution in [3.8, 4) is 0 Å². The molecule has 17 heavy (non-hydrogen) atoms. The highest BCUT2D eigenvalue weighted by Crippen LogP contribution is 2.21. The molecule has 0 heterocycles. The molecule has 0 aliphatic heterocycles. The number of esters is 2. The number of hydrogen-bond acceptors (Lipinski definition) is 4. The van der Waals surface area contributed by atoms with Gasteiger partial charge in [0.1, 0.15) is 0 Å². The van der Waals surface area contributed by atoms with Gasteiger partial charge in [-0.15, -0.1) is 0 Å². The first-order chi connectivity index (χ1) is 8.04. The van der Waals surface area contributed by atoms with Gasteiger partial charge in [-0.05, 0) is 19.1 Å². The lowest BCUT2D eigenvalue weighted by molar-refractivity contribution is -0.167. The normalized spacial score (nSPS) is 11.7. The number of ether oxygens (including phenoxy) is 2. The number of benzene rings is 1. The molecule has 0 radical (unpaired) electrons. The molecule has 0 aliphatic rings. The minimum absolute atomic E-state index is 0.243. The largest absolute Gasteiger partial charge is 0.463 e. The fourth-order valence-corrected chi connectivity index (χ4v) is 1.54. The van der Waals surface area contributed by atoms with E-state index in [1.807, 2.05) is 0 Å². The molecule has 4 nitrogen and oxygen atoms in total. The molecule has 0 aliphatic carbocycles. The summed E-state index contributed by atoms with van der Waals surface area (Å²) in [5.41, 5.74) is 0.585. The number of hydrogen-bond donors (Lipinski definition) is 0. The van der Waals surface area contributed by atoms with Crippen molar-refractivity contribution >= 4 is 27.9 Å². The Morgan fingerprint density at radius 3 is 2.35 bits per heavy atom. The molecule has 1 atom stereocenters. The standard InChI is InChI=1S/C12H13BrO4/c1-3-16-12(15)11(17-8(2)14)9-4-6-10(13)7-5-9/h4-7,11H,3H2,1-2H3. The van der Waals surface area contributed by atoms with Crippen LogP contribution in [0, 0.1) is 0 Å². The van der Waals surface area contributed by atoms with E-state index in [1.54, 1.807) is 31.2 Å². The van der Waals surface area contributed by atoms with E-state index in [1.165, 1.54) is 6.92 Å². The van der Waals surface area contributed by atoms with E-state index in [2.05, 4.69) is 15.9 Å². The van der Waals surface area contributed by atoms with E-state index < -0.39 is 18.0 Å². The lowest BCUT2D eigenvalue weighted by Crippen LogP contribution is -2.20. The van der Waals surface area contributed by atoms with Crippen LogP contribution in [-0.4, -0.2) is 18.5 Å². The molecule has 1 rings (SSSR count). The third-order valence-corrected chi connectivity index (χ3v) is 2.49. The van der Waals surface area contributed by atoms with Crippen molar-refractivity contribution in [1.29, 1.82) is 0 Å². The lowest BCUT2D eigenvalue weighted by Gasteiger charge is -2.15. The summed E-state index contributed by atoms with van der Waals surface area (Å²) in [6.07, 6.45) is -0.999. The summed E-state index contributed by atoms with van der Waals surface area (Å²) in [7, 11) is 0. The fraction of sp³-hybridized carbons (Fsp3) is 0.333. The maximum atomic E-state index is 11.7. The summed E-state index contributed by atoms with van der Waals surface area (Å²) in [6, 6.07) is 6.94. The molecule has 0 N–H and O–H groups in total. The van der Waals surface area contributed by atoms with Crippen LogP contribution in [-0.2, 0) is 19.1 Å². The van der Waals surface area contributed by atoms with Crippen LogP contribution in [0.25, 0.3) is 0 Å². The smallest absolute Gasteiger partial charge is 0.352 e. The molecule has 92 valence electrons. The second-order valence-corrected chi connectivity index (χ2v) is 4.21. The third-order valence-electron chi connectivity index (χ3n) is 1.96. The topological polar surface area (TPSA) is 52.6 Å². The zero-order chi connectivity index (χ0) is 12.8. The molecule has 1 aromatic carbocycles. The summed E-state index contributed by atoms with van der Waals surface area (Å²) in [4.78, 5) is 22.6. The number of rotatable bonds is 4. The van der Waals surface area contributed by atoms with Gasteiger partial charge >= 0.3 is 11.9 Å². The Morgan fingerprint density at radius 1 is 1.29 bits per heavy atom. The van der Waals surface area contributed by atoms with E-state index in [0.29, 0.717) is 5.56 Å². The van der Waals surface area contributed by atoms with Crippen LogP contribution in [0.15, 0.2) is 28.7 Å². The Morgan fingerprint density at radius 2 is 1.88 bits per heavy atom. The van der Waals surface area contributed by atoms with Gasteiger partial charge in [0.25, 0.3) is 0 Å². The summed E-state index contributed by atoms with van der Waals surface area (Å²) >= 11 is 3.29. The molecule has 0 saturated heterocycles. The molecule has 0 aromatic heterocycles. The van der Waals surface area contributed by atoms with Gasteiger partial charge in [-0.25, -0.2) is 4.79 Å². The van der Waals surface area contributed by atoms with Crippen LogP contribution in [0.4, 0.5) is 0 Å². The van der Waals surface area contributed by atoms with Gasteiger partial charge in [-0.1, -0.05) is 28.1 Å². The van der Waals surface area contributed by atoms with Gasteiger partial charge in [0.05, 0.1) is 6.61 Å². The van der Waals surface area contributed by atoms with Gasteiger partial charge in [0.2, 0.25) is 6.10 Å². The molecular weight excluding hydrogens is 288 g/mol. The molecule has 5 heteroatoms. The minimum Gasteiger partial charge on any atom is -0.463 e. The Labute approximate surface area is 108 Å². The first-order valence-corrected chi connectivity index (χ1v) is 5.93. The van der Waals surface area contributed by atoms with Crippen molar-refractivity contribution in [1.82, 2.24) is 0 Å². The van der Waals surface area contributed by atoms with Crippen LogP contribution in [0.3, 0.4) is 0 Å². The Bertz CT molecular complexity index is 399. The summed E-state index contributed by atoms with van der Waals surface area (Å²) < 4.78 is 10.7. The average molecular weight is 301 g/mol. The molecule has 0 spiro atoms. The van der Waals surface area contributed by atoms with Crippen LogP contribution in [0.2, 0.25) is 0 Å². The number of carbonyl (C=O) groups excluding carboxylic acids is 2. The monoisotopic (exact) mass is 300 g/mol. The Hall–Kier alpha value is -1.36. The predicted molar refractivity (Wildman–Crippen MR) is 65.3 cm³/mol. The highest BCUT2D eigenvalue weighted by molar-refractivity contribution is 9.10. The zero-order valence-corrected chi connectivity index (χ0v) is 11.2. The molecule has 0 saturated carbocycles. The Kier molecular flexibility index (Phi) is 5.15. The van der Waals surface area contributed by atoms with E-state index in [4.69, 9.17) is 9.47 Å². The third kappa shape index (κ3) is 4.19. The van der Waals surface area contributed by atoms with Crippen molar-refractivity contribution in [2.45, 2.75) is 20.0 Å². The van der Waals surface area contributed by atoms with E-state index in [9.17, 15) is 9.59 Å². The maximum absolute atomic E-state index is 11.7. The second kappa shape index (κ2) is 6.39. The van der Waals surface area contributed by atoms with E-state index in [0.717, 1.165) is 4.47 Å². The lowest BCUT2D eigenvalue weighted by atomic mass is 10.1. The van der Waals surface area contributed by atoms with Crippen LogP contribution in [0.1, 0.15) is 25.5 Å². The van der Waals surface area contributed by atoms with E-state index in [-0.39, 0.29) is 6.61 Å². The quantitative estimate of drug-likeness (QED) is 0.802. The number of halogens is 1. The van der Waals surface area contributed by atoms with Crippen molar-refractivity contribution in [3.63, 3.8) is 0 Å². The van der Waals surface area contributed by atoms with Gasteiger partial charge in [-0.2, -0.15) is 0 Å². The summed E-state index contributed by atoms with van der Waals surface area (Å²) in [5, 5.41) is 0. The van der Waals surface area contributed by atoms with Crippen LogP contribution in [0.5, 0.6) is 0 Å². The summed E-state index contributed by atoms with van der Waals surface area (Å²) in [6.45, 7) is 3.20. The number of carbonyl (C=O) groups is 2. The summed E-state index contributed by atoms with van der Waals surface area (Å²) in [5.74, 6) is -1.09. The van der Waals surface area contributed by atoms with Gasteiger partial charge in [-0.3, -0.25) is 4.79 Å². The average Bonchev–Trinajstić information content (AvgIpc) is 2.27. The molecule has 1 unspecified atom stereocenters. The first-order valence-electron chi connectivity index (χ1n) is 5.14. The SMILES string of the molecule is CCOC(=O)C(OC(C)=O)c1ccc(Br)cc1. The van der Waals surface area contributed by atoms with Crippen molar-refractivity contribution in [2.75, 3.05) is 6.61 Å². The highest BCUT2D eigenvalue weighted by Gasteiger charge is 2.24. The van der Waals surface area contributed by atoms with Crippen LogP contribution >= 0.6 is 15.9 Å². The van der Waals surface area contributed by atoms with Crippen molar-refractivity contribution in [3.05, 3.63) is 34.3 Å². The first kappa shape index (κ1) is 13.7. The van der Waals surface area contributed by atoms with Crippen molar-refractivity contribution in [2.24, 2.45) is 0 Å². The van der Waals surface area contributed by atoms with Crippen LogP contribution < -0.4 is 0 Å². The maximum Gasteiger partial charge on any atom is 0.352 e. The molecule has 0 bridgehead atoms. The molecule has 0 amide bonds. The molecule has 0 fully saturated rings. The highest BCUT2D eigenvalue weighted by atomic mass is 79.9.